The number of hydrogen-bond acceptors (Lipinski definition) is 4. The summed E-state index contributed by atoms with van der Waals surface area (Å²) in [7, 11) is 1.45. The molecular formula is C16H27N3O3. The van der Waals surface area contributed by atoms with Crippen LogP contribution in [0.25, 0.3) is 0 Å². The van der Waals surface area contributed by atoms with Crippen LogP contribution in [0.3, 0.4) is 0 Å². The summed E-state index contributed by atoms with van der Waals surface area (Å²) >= 11 is 0. The van der Waals surface area contributed by atoms with Crippen LogP contribution in [0.5, 0.6) is 0 Å². The van der Waals surface area contributed by atoms with Crippen molar-refractivity contribution in [2.45, 2.75) is 50.6 Å². The van der Waals surface area contributed by atoms with Gasteiger partial charge in [-0.15, -0.1) is 0 Å². The molecule has 1 saturated carbocycles. The topological polar surface area (TPSA) is 61.9 Å². The third-order valence-electron chi connectivity index (χ3n) is 5.49. The average molecular weight is 309 g/mol. The maximum Gasteiger partial charge on any atom is 0.320 e. The van der Waals surface area contributed by atoms with Crippen molar-refractivity contribution in [1.82, 2.24) is 15.1 Å². The Morgan fingerprint density at radius 2 is 1.55 bits per heavy atom. The molecule has 0 aromatic heterocycles. The summed E-state index contributed by atoms with van der Waals surface area (Å²) in [5, 5.41) is 3.35. The number of carbonyl (C=O) groups is 2. The number of esters is 1. The summed E-state index contributed by atoms with van der Waals surface area (Å²) in [6.45, 7) is 3.73. The van der Waals surface area contributed by atoms with Crippen LogP contribution < -0.4 is 5.32 Å². The first-order valence-corrected chi connectivity index (χ1v) is 8.56. The molecule has 124 valence electrons. The molecule has 0 aromatic rings. The Hall–Kier alpha value is -1.30. The molecular weight excluding hydrogens is 282 g/mol. The van der Waals surface area contributed by atoms with Crippen LogP contribution in [-0.4, -0.2) is 67.2 Å². The molecule has 3 aliphatic rings. The number of piperidine rings is 1. The van der Waals surface area contributed by atoms with Gasteiger partial charge in [-0.2, -0.15) is 0 Å². The molecule has 0 radical (unpaired) electrons. The molecule has 1 aliphatic carbocycles. The molecule has 0 atom stereocenters. The van der Waals surface area contributed by atoms with Gasteiger partial charge in [-0.25, -0.2) is 4.79 Å². The first kappa shape index (κ1) is 15.6. The predicted octanol–water partition coefficient (Wildman–Crippen LogP) is 1.21. The smallest absolute Gasteiger partial charge is 0.320 e. The van der Waals surface area contributed by atoms with Crippen molar-refractivity contribution in [2.24, 2.45) is 5.92 Å². The molecule has 0 spiro atoms. The second-order valence-corrected chi connectivity index (χ2v) is 6.68. The molecule has 22 heavy (non-hydrogen) atoms. The van der Waals surface area contributed by atoms with Crippen molar-refractivity contribution in [3.8, 4) is 0 Å². The van der Waals surface area contributed by atoms with E-state index in [0.29, 0.717) is 12.1 Å². The van der Waals surface area contributed by atoms with Crippen molar-refractivity contribution in [1.29, 1.82) is 0 Å². The van der Waals surface area contributed by atoms with E-state index in [2.05, 4.69) is 15.1 Å². The average Bonchev–Trinajstić information content (AvgIpc) is 2.96. The molecule has 1 N–H and O–H groups in total. The Balaban J connectivity index is 1.53. The lowest BCUT2D eigenvalue weighted by molar-refractivity contribution is -0.146. The van der Waals surface area contributed by atoms with Gasteiger partial charge in [0.2, 0.25) is 0 Å². The fourth-order valence-corrected chi connectivity index (χ4v) is 4.16. The van der Waals surface area contributed by atoms with Crippen molar-refractivity contribution >= 4 is 12.0 Å². The fraction of sp³-hybridized carbons (Fsp3) is 0.875. The summed E-state index contributed by atoms with van der Waals surface area (Å²) in [5.74, 6) is -0.0676. The Labute approximate surface area is 132 Å². The highest BCUT2D eigenvalue weighted by Crippen LogP contribution is 2.31. The SMILES string of the molecule is COC(=O)C1CCC(N2CCN(C3CCNCC3)C2=O)CC1. The zero-order chi connectivity index (χ0) is 15.5. The van der Waals surface area contributed by atoms with E-state index in [-0.39, 0.29) is 17.9 Å². The molecule has 2 saturated heterocycles. The van der Waals surface area contributed by atoms with Crippen LogP contribution in [0.15, 0.2) is 0 Å². The molecule has 2 amide bonds. The summed E-state index contributed by atoms with van der Waals surface area (Å²) in [5.41, 5.74) is 0. The first-order chi connectivity index (χ1) is 10.7. The van der Waals surface area contributed by atoms with Gasteiger partial charge in [0.15, 0.2) is 0 Å². The maximum atomic E-state index is 12.7. The normalized spacial score (nSPS) is 30.7. The van der Waals surface area contributed by atoms with Gasteiger partial charge in [-0.1, -0.05) is 0 Å². The molecule has 6 nitrogen and oxygen atoms in total. The minimum absolute atomic E-state index is 0.0273. The third-order valence-corrected chi connectivity index (χ3v) is 5.49. The molecule has 0 bridgehead atoms. The molecule has 2 heterocycles. The number of urea groups is 1. The van der Waals surface area contributed by atoms with E-state index in [1.165, 1.54) is 7.11 Å². The lowest BCUT2D eigenvalue weighted by Gasteiger charge is -2.35. The number of carbonyl (C=O) groups excluding carboxylic acids is 2. The number of nitrogens with one attached hydrogen (secondary N) is 1. The van der Waals surface area contributed by atoms with Gasteiger partial charge in [0.1, 0.15) is 0 Å². The largest absolute Gasteiger partial charge is 0.469 e. The maximum absolute atomic E-state index is 12.7. The van der Waals surface area contributed by atoms with E-state index in [1.807, 2.05) is 0 Å². The second-order valence-electron chi connectivity index (χ2n) is 6.68. The number of hydrogen-bond donors (Lipinski definition) is 1. The highest BCUT2D eigenvalue weighted by molar-refractivity contribution is 5.77. The summed E-state index contributed by atoms with van der Waals surface area (Å²) < 4.78 is 4.83. The molecule has 6 heteroatoms. The van der Waals surface area contributed by atoms with E-state index >= 15 is 0 Å². The van der Waals surface area contributed by atoms with Gasteiger partial charge in [0.25, 0.3) is 0 Å². The monoisotopic (exact) mass is 309 g/mol. The third kappa shape index (κ3) is 3.07. The van der Waals surface area contributed by atoms with Crippen LogP contribution in [0.2, 0.25) is 0 Å². The zero-order valence-electron chi connectivity index (χ0n) is 13.4. The minimum Gasteiger partial charge on any atom is -0.469 e. The van der Waals surface area contributed by atoms with Gasteiger partial charge in [-0.3, -0.25) is 4.79 Å². The quantitative estimate of drug-likeness (QED) is 0.796. The molecule has 2 aliphatic heterocycles. The van der Waals surface area contributed by atoms with Crippen LogP contribution in [0, 0.1) is 5.92 Å². The van der Waals surface area contributed by atoms with E-state index in [0.717, 1.165) is 64.7 Å². The van der Waals surface area contributed by atoms with Crippen LogP contribution in [0.4, 0.5) is 4.79 Å². The lowest BCUT2D eigenvalue weighted by Crippen LogP contribution is -2.47. The molecule has 3 rings (SSSR count). The van der Waals surface area contributed by atoms with Gasteiger partial charge in [0, 0.05) is 25.2 Å². The number of ether oxygens (including phenoxy) is 1. The highest BCUT2D eigenvalue weighted by atomic mass is 16.5. The van der Waals surface area contributed by atoms with Crippen molar-refractivity contribution in [2.75, 3.05) is 33.3 Å². The molecule has 3 fully saturated rings. The van der Waals surface area contributed by atoms with Crippen molar-refractivity contribution < 1.29 is 14.3 Å². The fourth-order valence-electron chi connectivity index (χ4n) is 4.16. The summed E-state index contributed by atoms with van der Waals surface area (Å²) in [4.78, 5) is 28.4. The van der Waals surface area contributed by atoms with E-state index < -0.39 is 0 Å². The van der Waals surface area contributed by atoms with Gasteiger partial charge >= 0.3 is 12.0 Å². The van der Waals surface area contributed by atoms with Gasteiger partial charge in [-0.05, 0) is 51.6 Å². The van der Waals surface area contributed by atoms with Crippen LogP contribution >= 0.6 is 0 Å². The Morgan fingerprint density at radius 3 is 2.09 bits per heavy atom. The van der Waals surface area contributed by atoms with Gasteiger partial charge in [0.05, 0.1) is 13.0 Å². The van der Waals surface area contributed by atoms with Crippen molar-refractivity contribution in [3.63, 3.8) is 0 Å². The van der Waals surface area contributed by atoms with Crippen LogP contribution in [-0.2, 0) is 9.53 Å². The number of nitrogens with zero attached hydrogens (tertiary/aromatic N) is 2. The number of methoxy groups -OCH3 is 1. The Bertz CT molecular complexity index is 415. The van der Waals surface area contributed by atoms with E-state index in [1.54, 1.807) is 0 Å². The first-order valence-electron chi connectivity index (χ1n) is 8.56. The molecule has 0 unspecified atom stereocenters. The lowest BCUT2D eigenvalue weighted by atomic mass is 9.85. The second kappa shape index (κ2) is 6.86. The minimum atomic E-state index is -0.0949. The standard InChI is InChI=1S/C16H27N3O3/c1-22-15(20)12-2-4-13(5-3-12)18-10-11-19(16(18)21)14-6-8-17-9-7-14/h12-14,17H,2-11H2,1H3. The van der Waals surface area contributed by atoms with Crippen molar-refractivity contribution in [3.05, 3.63) is 0 Å². The summed E-state index contributed by atoms with van der Waals surface area (Å²) in [6.07, 6.45) is 5.66. The number of amides is 2. The van der Waals surface area contributed by atoms with E-state index in [4.69, 9.17) is 4.74 Å². The zero-order valence-corrected chi connectivity index (χ0v) is 13.4. The van der Waals surface area contributed by atoms with Gasteiger partial charge < -0.3 is 19.9 Å². The van der Waals surface area contributed by atoms with Crippen LogP contribution in [0.1, 0.15) is 38.5 Å². The molecule has 0 aromatic carbocycles. The Morgan fingerprint density at radius 1 is 1.00 bits per heavy atom. The number of rotatable bonds is 3. The highest BCUT2D eigenvalue weighted by Gasteiger charge is 2.39. The Kier molecular flexibility index (Phi) is 4.86. The summed E-state index contributed by atoms with van der Waals surface area (Å²) in [6, 6.07) is 0.929. The predicted molar refractivity (Wildman–Crippen MR) is 82.5 cm³/mol. The van der Waals surface area contributed by atoms with E-state index in [9.17, 15) is 9.59 Å².